The van der Waals surface area contributed by atoms with Crippen molar-refractivity contribution in [3.8, 4) is 22.9 Å². The van der Waals surface area contributed by atoms with Gasteiger partial charge in [0.2, 0.25) is 0 Å². The summed E-state index contributed by atoms with van der Waals surface area (Å²) in [5.41, 5.74) is 2.92. The molecule has 1 aliphatic rings. The number of halogens is 3. The first-order chi connectivity index (χ1) is 23.2. The molecule has 3 aromatic carbocycles. The SMILES string of the molecule is CC1OCCCC(c2cccc(CCC(=O)O)c2F)c2cnc([nH]2)-c2cc(ccc2F)Oc2c(F)cc3[nH]ccc3c2Cn2cc1nn2. The predicted molar refractivity (Wildman–Crippen MR) is 169 cm³/mol. The van der Waals surface area contributed by atoms with Gasteiger partial charge in [0, 0.05) is 59.6 Å². The molecule has 0 amide bonds. The van der Waals surface area contributed by atoms with Crippen LogP contribution in [0.15, 0.2) is 67.1 Å². The zero-order valence-corrected chi connectivity index (χ0v) is 25.8. The summed E-state index contributed by atoms with van der Waals surface area (Å²) in [7, 11) is 0. The van der Waals surface area contributed by atoms with Crippen molar-refractivity contribution in [2.24, 2.45) is 0 Å². The first-order valence-corrected chi connectivity index (χ1v) is 15.6. The maximum atomic E-state index is 15.9. The Kier molecular flexibility index (Phi) is 8.44. The van der Waals surface area contributed by atoms with Crippen molar-refractivity contribution in [1.82, 2.24) is 29.9 Å². The number of fused-ring (bicyclic) bond motifs is 10. The van der Waals surface area contributed by atoms with Crippen LogP contribution < -0.4 is 4.74 Å². The number of hydrogen-bond donors (Lipinski definition) is 3. The number of ether oxygens (including phenoxy) is 2. The standard InChI is InChI=1S/C35H31F3N6O4/c1-19-31-18-44(43-42-31)17-26-23-11-12-39-29(23)15-28(37)34(26)48-21-8-9-27(36)25(14-21)35-40-16-30(41-35)22(6-3-13-47-19)24-5-2-4-20(33(24)38)7-10-32(45)46/h2,4-5,8-9,11-12,14-16,18-19,22,39H,3,6-7,10,13,17H2,1H3,(H,40,41)(H,45,46). The molecule has 0 saturated carbocycles. The molecular weight excluding hydrogens is 625 g/mol. The van der Waals surface area contributed by atoms with Gasteiger partial charge < -0.3 is 24.5 Å². The third-order valence-corrected chi connectivity index (χ3v) is 8.64. The number of carboxylic acid groups (broad SMARTS) is 1. The lowest BCUT2D eigenvalue weighted by atomic mass is 9.89. The Morgan fingerprint density at radius 1 is 1.12 bits per heavy atom. The molecule has 10 nitrogen and oxygen atoms in total. The lowest BCUT2D eigenvalue weighted by molar-refractivity contribution is -0.136. The number of carbonyl (C=O) groups is 1. The average molecular weight is 657 g/mol. The van der Waals surface area contributed by atoms with Crippen molar-refractivity contribution in [2.45, 2.75) is 51.2 Å². The molecule has 2 unspecified atom stereocenters. The third-order valence-electron chi connectivity index (χ3n) is 8.64. The predicted octanol–water partition coefficient (Wildman–Crippen LogP) is 7.43. The van der Waals surface area contributed by atoms with Gasteiger partial charge in [-0.3, -0.25) is 4.79 Å². The van der Waals surface area contributed by atoms with Crippen LogP contribution in [0.25, 0.3) is 22.3 Å². The van der Waals surface area contributed by atoms with Crippen LogP contribution in [0.2, 0.25) is 0 Å². The van der Waals surface area contributed by atoms with E-state index in [0.29, 0.717) is 53.0 Å². The lowest BCUT2D eigenvalue weighted by Crippen LogP contribution is -2.10. The Labute approximate surface area is 272 Å². The van der Waals surface area contributed by atoms with Crippen LogP contribution in [-0.2, 0) is 22.5 Å². The Morgan fingerprint density at radius 2 is 2.00 bits per heavy atom. The number of nitrogens with one attached hydrogen (secondary N) is 2. The maximum Gasteiger partial charge on any atom is 0.303 e. The number of aromatic amines is 2. The van der Waals surface area contributed by atoms with Crippen molar-refractivity contribution < 1.29 is 32.5 Å². The minimum absolute atomic E-state index is 0.0363. The quantitative estimate of drug-likeness (QED) is 0.180. The van der Waals surface area contributed by atoms with Crippen molar-refractivity contribution in [3.63, 3.8) is 0 Å². The molecule has 6 aromatic rings. The topological polar surface area (TPSA) is 131 Å². The molecule has 6 bridgehead atoms. The fraction of sp³-hybridized carbons (Fsp3) is 0.257. The van der Waals surface area contributed by atoms with Gasteiger partial charge in [-0.2, -0.15) is 0 Å². The molecule has 4 heterocycles. The van der Waals surface area contributed by atoms with E-state index >= 15 is 13.2 Å². The summed E-state index contributed by atoms with van der Waals surface area (Å²) in [5, 5.41) is 18.4. The second kappa shape index (κ2) is 13.0. The van der Waals surface area contributed by atoms with Gasteiger partial charge in [-0.1, -0.05) is 23.4 Å². The van der Waals surface area contributed by atoms with E-state index in [1.165, 1.54) is 30.5 Å². The van der Waals surface area contributed by atoms with Crippen LogP contribution in [0.3, 0.4) is 0 Å². The van der Waals surface area contributed by atoms with Gasteiger partial charge in [0.15, 0.2) is 11.6 Å². The highest BCUT2D eigenvalue weighted by Gasteiger charge is 2.25. The molecule has 1 aliphatic heterocycles. The summed E-state index contributed by atoms with van der Waals surface area (Å²) in [6.07, 6.45) is 5.33. The Morgan fingerprint density at radius 3 is 2.85 bits per heavy atom. The largest absolute Gasteiger partial charge is 0.481 e. The fourth-order valence-corrected chi connectivity index (χ4v) is 6.16. The zero-order chi connectivity index (χ0) is 33.4. The van der Waals surface area contributed by atoms with E-state index in [1.54, 1.807) is 35.3 Å². The van der Waals surface area contributed by atoms with E-state index in [2.05, 4.69) is 25.3 Å². The Bertz CT molecular complexity index is 2120. The minimum atomic E-state index is -1.02. The van der Waals surface area contributed by atoms with E-state index in [4.69, 9.17) is 14.6 Å². The number of benzene rings is 3. The van der Waals surface area contributed by atoms with Gasteiger partial charge in [-0.25, -0.2) is 22.8 Å². The second-order valence-electron chi connectivity index (χ2n) is 11.8. The van der Waals surface area contributed by atoms with Crippen molar-refractivity contribution in [1.29, 1.82) is 0 Å². The smallest absolute Gasteiger partial charge is 0.303 e. The molecule has 0 spiro atoms. The molecule has 0 fully saturated rings. The van der Waals surface area contributed by atoms with Gasteiger partial charge in [0.1, 0.15) is 35.0 Å². The van der Waals surface area contributed by atoms with Crippen molar-refractivity contribution >= 4 is 16.9 Å². The highest BCUT2D eigenvalue weighted by Crippen LogP contribution is 2.38. The second-order valence-corrected chi connectivity index (χ2v) is 11.8. The number of carboxylic acids is 1. The summed E-state index contributed by atoms with van der Waals surface area (Å²) in [6, 6.07) is 12.1. The highest BCUT2D eigenvalue weighted by molar-refractivity contribution is 5.85. The van der Waals surface area contributed by atoms with Crippen LogP contribution in [0.1, 0.15) is 66.3 Å². The van der Waals surface area contributed by atoms with Gasteiger partial charge >= 0.3 is 5.97 Å². The first kappa shape index (κ1) is 31.2. The van der Waals surface area contributed by atoms with Crippen molar-refractivity contribution in [2.75, 3.05) is 6.61 Å². The summed E-state index contributed by atoms with van der Waals surface area (Å²) in [4.78, 5) is 21.8. The number of hydrogen-bond acceptors (Lipinski definition) is 6. The van der Waals surface area contributed by atoms with Crippen LogP contribution in [0, 0.1) is 17.5 Å². The van der Waals surface area contributed by atoms with E-state index in [0.717, 1.165) is 5.39 Å². The summed E-state index contributed by atoms with van der Waals surface area (Å²) >= 11 is 0. The number of imidazole rings is 1. The van der Waals surface area contributed by atoms with Gasteiger partial charge in [0.25, 0.3) is 0 Å². The molecule has 2 atom stereocenters. The lowest BCUT2D eigenvalue weighted by Gasteiger charge is -2.19. The Balaban J connectivity index is 1.32. The molecule has 7 rings (SSSR count). The molecule has 0 radical (unpaired) electrons. The Hall–Kier alpha value is -5.43. The summed E-state index contributed by atoms with van der Waals surface area (Å²) < 4.78 is 60.7. The number of aliphatic carboxylic acids is 1. The van der Waals surface area contributed by atoms with Crippen LogP contribution in [0.5, 0.6) is 11.5 Å². The summed E-state index contributed by atoms with van der Waals surface area (Å²) in [6.45, 7) is 2.30. The van der Waals surface area contributed by atoms with E-state index < -0.39 is 35.4 Å². The number of H-pyrrole nitrogens is 2. The minimum Gasteiger partial charge on any atom is -0.481 e. The van der Waals surface area contributed by atoms with E-state index in [-0.39, 0.29) is 42.3 Å². The average Bonchev–Trinajstić information content (AvgIpc) is 3.84. The van der Waals surface area contributed by atoms with Crippen molar-refractivity contribution in [3.05, 3.63) is 113 Å². The monoisotopic (exact) mass is 656 g/mol. The molecule has 48 heavy (non-hydrogen) atoms. The maximum absolute atomic E-state index is 15.9. The van der Waals surface area contributed by atoms with Gasteiger partial charge in [0.05, 0.1) is 18.3 Å². The van der Waals surface area contributed by atoms with Crippen LogP contribution >= 0.6 is 0 Å². The molecule has 0 aliphatic carbocycles. The highest BCUT2D eigenvalue weighted by atomic mass is 19.1. The fourth-order valence-electron chi connectivity index (χ4n) is 6.16. The van der Waals surface area contributed by atoms with E-state index in [9.17, 15) is 4.79 Å². The van der Waals surface area contributed by atoms with E-state index in [1.807, 2.05) is 13.0 Å². The van der Waals surface area contributed by atoms with Crippen LogP contribution in [-0.4, -0.2) is 47.6 Å². The summed E-state index contributed by atoms with van der Waals surface area (Å²) in [5.74, 6) is -2.96. The third kappa shape index (κ3) is 6.16. The number of nitrogens with zero attached hydrogens (tertiary/aromatic N) is 4. The number of aryl methyl sites for hydroxylation is 1. The van der Waals surface area contributed by atoms with Crippen LogP contribution in [0.4, 0.5) is 13.2 Å². The zero-order valence-electron chi connectivity index (χ0n) is 25.8. The molecule has 3 N–H and O–H groups in total. The normalized spacial score (nSPS) is 16.8. The molecular formula is C35H31F3N6O4. The van der Waals surface area contributed by atoms with Gasteiger partial charge in [-0.05, 0) is 61.6 Å². The molecule has 13 heteroatoms. The van der Waals surface area contributed by atoms with Gasteiger partial charge in [-0.15, -0.1) is 5.10 Å². The number of rotatable bonds is 4. The molecule has 0 saturated heterocycles. The number of aromatic nitrogens is 6. The first-order valence-electron chi connectivity index (χ1n) is 15.6. The molecule has 3 aromatic heterocycles. The molecule has 246 valence electrons.